The molecule has 4 unspecified atom stereocenters. The van der Waals surface area contributed by atoms with E-state index in [1.807, 2.05) is 108 Å². The molecule has 0 saturated heterocycles. The van der Waals surface area contributed by atoms with Crippen molar-refractivity contribution in [1.82, 2.24) is 64.1 Å². The van der Waals surface area contributed by atoms with Crippen molar-refractivity contribution < 1.29 is 60.4 Å². The second-order valence-corrected chi connectivity index (χ2v) is 29.9. The number of rotatable bonds is 21. The average Bonchev–Trinajstić information content (AvgIpc) is 1.59. The van der Waals surface area contributed by atoms with Crippen molar-refractivity contribution in [1.29, 1.82) is 0 Å². The van der Waals surface area contributed by atoms with Crippen LogP contribution in [0.25, 0.3) is 39.2 Å². The fraction of sp³-hybridized carbons (Fsp3) is 0.257. The number of nitrogens with one attached hydrogen (secondary N) is 6. The Morgan fingerprint density at radius 3 is 2.01 bits per heavy atom. The molecule has 0 radical (unpaired) electrons. The van der Waals surface area contributed by atoms with Gasteiger partial charge in [0.1, 0.15) is 52.0 Å². The molecule has 0 bridgehead atoms. The first kappa shape index (κ1) is 75.7. The fourth-order valence-corrected chi connectivity index (χ4v) is 13.4. The summed E-state index contributed by atoms with van der Waals surface area (Å²) in [5.41, 5.74) is 11.5. The SMILES string of the molecule is Cc1cc(OC(C)C(=O)Nc2ccc(-c3[nH]n4c(nc5ccccc54)c3S(C)(=O)=O)cc2)ccc1O.Cc1cc2nc(CCNC(=O)C(C)Oc3ccc(S(=O)Oc4ccc(O)c(Cl)c4)cc3Cl)c(C)n2[nH]1.Cc1ccc(OC(C)C(=O)Nc2c(C(C)(C)C)nc3c(Oc4ncncn4)c(C)[nH]n23)c(C)c1. The third-order valence-electron chi connectivity index (χ3n) is 16.6. The molecule has 0 aliphatic heterocycles. The van der Waals surface area contributed by atoms with Crippen LogP contribution in [0.15, 0.2) is 150 Å². The Morgan fingerprint density at radius 1 is 0.660 bits per heavy atom. The Hall–Kier alpha value is -11.5. The number of phenolic OH excluding ortho intramolecular Hbond substituents is 2. The maximum absolute atomic E-state index is 13.1. The van der Waals surface area contributed by atoms with Gasteiger partial charge in [-0.15, -0.1) is 0 Å². The highest BCUT2D eigenvalue weighted by atomic mass is 35.5. The molecule has 7 heterocycles. The number of nitrogens with zero attached hydrogens (tertiary/aromatic N) is 9. The number of aryl methyl sites for hydroxylation is 6. The molecule has 0 aliphatic rings. The Morgan fingerprint density at radius 2 is 1.33 bits per heavy atom. The number of H-pyrrole nitrogens is 3. The van der Waals surface area contributed by atoms with Gasteiger partial charge in [0.15, 0.2) is 56.7 Å². The summed E-state index contributed by atoms with van der Waals surface area (Å²) in [5, 5.41) is 37.6. The number of fused-ring (bicyclic) bond motifs is 5. The van der Waals surface area contributed by atoms with Crippen LogP contribution in [0, 0.1) is 41.5 Å². The van der Waals surface area contributed by atoms with Crippen molar-refractivity contribution in [2.24, 2.45) is 0 Å². The minimum atomic E-state index is -3.61. The number of aromatic hydroxyl groups is 2. The number of amides is 3. The van der Waals surface area contributed by atoms with Gasteiger partial charge in [0.25, 0.3) is 17.7 Å². The van der Waals surface area contributed by atoms with Gasteiger partial charge in [-0.05, 0) is 152 Å². The summed E-state index contributed by atoms with van der Waals surface area (Å²) in [6.45, 7) is 23.0. The first-order valence-electron chi connectivity index (χ1n) is 33.2. The summed E-state index contributed by atoms with van der Waals surface area (Å²) in [5.74, 6) is 1.73. The van der Waals surface area contributed by atoms with Crippen LogP contribution in [-0.4, -0.2) is 130 Å². The number of hydrogen-bond donors (Lipinski definition) is 8. The number of benzene rings is 6. The Kier molecular flexibility index (Phi) is 22.5. The van der Waals surface area contributed by atoms with Gasteiger partial charge in [0.2, 0.25) is 11.1 Å². The molecule has 6 aromatic carbocycles. The first-order chi connectivity index (χ1) is 50.3. The summed E-state index contributed by atoms with van der Waals surface area (Å²) in [7, 11) is -3.61. The summed E-state index contributed by atoms with van der Waals surface area (Å²) < 4.78 is 71.8. The summed E-state index contributed by atoms with van der Waals surface area (Å²) in [6.07, 6.45) is 2.13. The molecule has 13 aromatic rings. The van der Waals surface area contributed by atoms with E-state index in [2.05, 4.69) is 56.2 Å². The topological polar surface area (TPSA) is 363 Å². The fourth-order valence-electron chi connectivity index (χ4n) is 11.1. The van der Waals surface area contributed by atoms with Gasteiger partial charge >= 0.3 is 6.01 Å². The second kappa shape index (κ2) is 31.5. The Bertz CT molecular complexity index is 5590. The Labute approximate surface area is 621 Å². The van der Waals surface area contributed by atoms with Crippen LogP contribution in [-0.2, 0) is 47.1 Å². The second-order valence-electron chi connectivity index (χ2n) is 26.0. The number of phenols is 2. The largest absolute Gasteiger partial charge is 0.508 e. The number of carbonyl (C=O) groups is 3. The van der Waals surface area contributed by atoms with Gasteiger partial charge in [-0.3, -0.25) is 29.7 Å². The van der Waals surface area contributed by atoms with Gasteiger partial charge in [-0.1, -0.05) is 85.9 Å². The highest BCUT2D eigenvalue weighted by Crippen LogP contribution is 2.38. The van der Waals surface area contributed by atoms with E-state index < -0.39 is 39.2 Å². The van der Waals surface area contributed by atoms with Gasteiger partial charge in [-0.25, -0.2) is 46.1 Å². The molecule has 3 amide bonds. The van der Waals surface area contributed by atoms with Crippen LogP contribution in [0.5, 0.6) is 46.3 Å². The lowest BCUT2D eigenvalue weighted by molar-refractivity contribution is -0.127. The van der Waals surface area contributed by atoms with E-state index in [0.717, 1.165) is 45.6 Å². The van der Waals surface area contributed by atoms with Gasteiger partial charge < -0.3 is 49.3 Å². The minimum Gasteiger partial charge on any atom is -0.508 e. The molecule has 0 aliphatic carbocycles. The molecule has 8 N–H and O–H groups in total. The van der Waals surface area contributed by atoms with Crippen LogP contribution in [0.1, 0.15) is 86.7 Å². The van der Waals surface area contributed by atoms with E-state index in [1.165, 1.54) is 55.1 Å². The van der Waals surface area contributed by atoms with Gasteiger partial charge in [0, 0.05) is 53.7 Å². The van der Waals surface area contributed by atoms with E-state index in [-0.39, 0.29) is 72.0 Å². The lowest BCUT2D eigenvalue weighted by atomic mass is 9.92. The number of aromatic nitrogens is 12. The van der Waals surface area contributed by atoms with Crippen LogP contribution < -0.4 is 39.1 Å². The molecular weight excluding hydrogens is 1440 g/mol. The molecule has 106 heavy (non-hydrogen) atoms. The molecule has 7 aromatic heterocycles. The van der Waals surface area contributed by atoms with Crippen molar-refractivity contribution in [3.63, 3.8) is 0 Å². The summed E-state index contributed by atoms with van der Waals surface area (Å²) in [4.78, 5) is 64.5. The van der Waals surface area contributed by atoms with E-state index >= 15 is 0 Å². The molecule has 4 atom stereocenters. The van der Waals surface area contributed by atoms with Crippen molar-refractivity contribution in [2.75, 3.05) is 23.4 Å². The van der Waals surface area contributed by atoms with Crippen LogP contribution >= 0.6 is 23.2 Å². The highest BCUT2D eigenvalue weighted by Gasteiger charge is 2.31. The Balaban J connectivity index is 0.000000159. The van der Waals surface area contributed by atoms with Crippen molar-refractivity contribution in [2.45, 2.75) is 123 Å². The zero-order chi connectivity index (χ0) is 76.2. The molecule has 0 saturated carbocycles. The zero-order valence-electron chi connectivity index (χ0n) is 59.9. The number of halogens is 2. The maximum Gasteiger partial charge on any atom is 0.325 e. The lowest BCUT2D eigenvalue weighted by Crippen LogP contribution is -2.37. The zero-order valence-corrected chi connectivity index (χ0v) is 63.1. The van der Waals surface area contributed by atoms with Gasteiger partial charge in [0.05, 0.1) is 54.4 Å². The molecule has 0 fully saturated rings. The summed E-state index contributed by atoms with van der Waals surface area (Å²) in [6, 6.07) is 35.6. The monoisotopic (exact) mass is 1520 g/mol. The molecule has 552 valence electrons. The van der Waals surface area contributed by atoms with E-state index in [1.54, 1.807) is 73.1 Å². The van der Waals surface area contributed by atoms with Crippen LogP contribution in [0.2, 0.25) is 10.0 Å². The number of sulfone groups is 1. The predicted octanol–water partition coefficient (Wildman–Crippen LogP) is 13.1. The predicted molar refractivity (Wildman–Crippen MR) is 402 cm³/mol. The maximum atomic E-state index is 13.1. The molecule has 28 nitrogen and oxygen atoms in total. The standard InChI is InChI=1S/C26H24N4O5S.C24H24Cl2N4O5S.C24H29N7O3/c1-15-14-19(12-13-22(15)31)35-16(2)26(32)27-18-10-8-17(9-11-18)23-24(36(3,33)34)25-28-20-6-4-5-7-21(20)30(25)29-23;1-13-10-23-28-20(14(2)30(23)29-13)8-9-27-24(32)15(3)34-22-7-5-17(12-19(22)26)36(33)35-16-4-6-21(31)18(25)11-16;1-13-8-9-17(14(2)10-13)33-16(4)22(32)29-21-19(24(5,6)7)28-20-18(15(3)30-31(20)21)34-23-26-11-25-12-27-23/h4-14,16,29,31H,1-3H3,(H,27,32);4-7,10-12,15,29,31H,8-9H2,1-3H3,(H,27,32);8-12,16,30H,1-7H3,(H,29,32). The van der Waals surface area contributed by atoms with Crippen molar-refractivity contribution >= 4 is 101 Å². The number of aromatic amines is 3. The molecule has 32 heteroatoms. The van der Waals surface area contributed by atoms with E-state index in [4.69, 9.17) is 51.3 Å². The molecule has 13 rings (SSSR count). The number of carbonyl (C=O) groups excluding carboxylic acids is 3. The normalized spacial score (nSPS) is 12.7. The lowest BCUT2D eigenvalue weighted by Gasteiger charge is -2.20. The van der Waals surface area contributed by atoms with Crippen molar-refractivity contribution in [3.05, 3.63) is 195 Å². The van der Waals surface area contributed by atoms with Gasteiger partial charge in [-0.2, -0.15) is 9.97 Å². The van der Waals surface area contributed by atoms with Crippen LogP contribution in [0.4, 0.5) is 11.5 Å². The number of para-hydroxylation sites is 2. The number of ether oxygens (including phenoxy) is 4. The van der Waals surface area contributed by atoms with Crippen molar-refractivity contribution in [3.8, 4) is 57.5 Å². The minimum absolute atomic E-state index is 0.0755. The third-order valence-corrected chi connectivity index (χ3v) is 19.3. The smallest absolute Gasteiger partial charge is 0.325 e. The first-order valence-corrected chi connectivity index (χ1v) is 36.9. The summed E-state index contributed by atoms with van der Waals surface area (Å²) >= 11 is 10.3. The molecule has 0 spiro atoms. The van der Waals surface area contributed by atoms with Crippen LogP contribution in [0.3, 0.4) is 0 Å². The number of imidazole rings is 3. The number of anilines is 2. The highest BCUT2D eigenvalue weighted by molar-refractivity contribution is 7.91. The quantitative estimate of drug-likeness (QED) is 0.0331. The third kappa shape index (κ3) is 17.3. The average molecular weight is 1520 g/mol. The number of hydrogen-bond acceptors (Lipinski definition) is 19. The van der Waals surface area contributed by atoms with E-state index in [0.29, 0.717) is 86.7 Å². The van der Waals surface area contributed by atoms with E-state index in [9.17, 15) is 37.2 Å². The molecular formula is C74H77Cl2N15O13S2.